The number of carbonyl (C=O) groups is 2. The zero-order valence-electron chi connectivity index (χ0n) is 24.4. The van der Waals surface area contributed by atoms with Gasteiger partial charge >= 0.3 is 0 Å². The third-order valence-electron chi connectivity index (χ3n) is 7.68. The van der Waals surface area contributed by atoms with Crippen LogP contribution in [0.4, 0.5) is 10.2 Å². The van der Waals surface area contributed by atoms with Crippen molar-refractivity contribution in [2.75, 3.05) is 51.8 Å². The highest BCUT2D eigenvalue weighted by atomic mass is 19.1. The highest BCUT2D eigenvalue weighted by Crippen LogP contribution is 2.32. The summed E-state index contributed by atoms with van der Waals surface area (Å²) in [5.41, 5.74) is 2.57. The van der Waals surface area contributed by atoms with Gasteiger partial charge in [-0.3, -0.25) is 9.59 Å². The highest BCUT2D eigenvalue weighted by molar-refractivity contribution is 5.96. The summed E-state index contributed by atoms with van der Waals surface area (Å²) in [6.45, 7) is 3.83. The summed E-state index contributed by atoms with van der Waals surface area (Å²) >= 11 is 0. The number of carbonyl (C=O) groups excluding carboxylic acids is 2. The molecule has 4 aromatic rings. The molecule has 0 aliphatic carbocycles. The Morgan fingerprint density at radius 1 is 0.884 bits per heavy atom. The summed E-state index contributed by atoms with van der Waals surface area (Å²) in [6.07, 6.45) is 0. The van der Waals surface area contributed by atoms with Crippen molar-refractivity contribution in [3.8, 4) is 22.8 Å². The van der Waals surface area contributed by atoms with Crippen LogP contribution in [0.3, 0.4) is 0 Å². The van der Waals surface area contributed by atoms with Crippen molar-refractivity contribution in [3.05, 3.63) is 102 Å². The first-order valence-corrected chi connectivity index (χ1v) is 14.1. The van der Waals surface area contributed by atoms with E-state index in [1.54, 1.807) is 31.3 Å². The molecule has 1 fully saturated rings. The van der Waals surface area contributed by atoms with Crippen LogP contribution in [0.15, 0.2) is 84.9 Å². The van der Waals surface area contributed by atoms with Crippen molar-refractivity contribution in [2.24, 2.45) is 0 Å². The van der Waals surface area contributed by atoms with E-state index in [-0.39, 0.29) is 24.1 Å². The van der Waals surface area contributed by atoms with Gasteiger partial charge in [0.05, 0.1) is 26.0 Å². The van der Waals surface area contributed by atoms with Gasteiger partial charge in [0.25, 0.3) is 5.91 Å². The highest BCUT2D eigenvalue weighted by Gasteiger charge is 2.29. The van der Waals surface area contributed by atoms with E-state index >= 15 is 0 Å². The van der Waals surface area contributed by atoms with Crippen LogP contribution < -0.4 is 14.4 Å². The lowest BCUT2D eigenvalue weighted by atomic mass is 10.1. The number of hydrogen-bond donors (Lipinski definition) is 0. The van der Waals surface area contributed by atoms with Crippen LogP contribution in [-0.2, 0) is 4.79 Å². The molecule has 0 bridgehead atoms. The number of rotatable bonds is 9. The van der Waals surface area contributed by atoms with Crippen LogP contribution in [0.1, 0.15) is 28.9 Å². The number of aromatic nitrogens is 2. The van der Waals surface area contributed by atoms with Gasteiger partial charge in [0.2, 0.25) is 5.91 Å². The molecule has 0 N–H and O–H groups in total. The Balaban J connectivity index is 1.25. The number of piperazine rings is 1. The first-order valence-electron chi connectivity index (χ1n) is 14.1. The lowest BCUT2D eigenvalue weighted by Gasteiger charge is -2.37. The molecule has 1 saturated heterocycles. The molecule has 222 valence electrons. The minimum Gasteiger partial charge on any atom is -0.497 e. The summed E-state index contributed by atoms with van der Waals surface area (Å²) in [4.78, 5) is 32.4. The molecule has 43 heavy (non-hydrogen) atoms. The van der Waals surface area contributed by atoms with Crippen LogP contribution in [0.5, 0.6) is 11.5 Å². The predicted octanol–water partition coefficient (Wildman–Crippen LogP) is 4.85. The fraction of sp³-hybridized carbons (Fsp3) is 0.273. The number of ether oxygens (including phenoxy) is 2. The second-order valence-electron chi connectivity index (χ2n) is 10.2. The van der Waals surface area contributed by atoms with Crippen molar-refractivity contribution in [3.63, 3.8) is 0 Å². The number of halogens is 1. The topological polar surface area (TPSA) is 88.1 Å². The number of amides is 2. The smallest absolute Gasteiger partial charge is 0.254 e. The molecule has 2 heterocycles. The van der Waals surface area contributed by atoms with E-state index in [1.807, 2.05) is 61.5 Å². The van der Waals surface area contributed by atoms with E-state index in [1.165, 1.54) is 23.1 Å². The van der Waals surface area contributed by atoms with Crippen LogP contribution in [0.2, 0.25) is 0 Å². The first-order chi connectivity index (χ1) is 20.9. The molecule has 0 saturated carbocycles. The van der Waals surface area contributed by atoms with Gasteiger partial charge in [-0.15, -0.1) is 10.2 Å². The van der Waals surface area contributed by atoms with Gasteiger partial charge in [-0.1, -0.05) is 36.4 Å². The molecule has 1 aromatic heterocycles. The molecular weight excluding hydrogens is 549 g/mol. The van der Waals surface area contributed by atoms with Gasteiger partial charge < -0.3 is 24.2 Å². The maximum Gasteiger partial charge on any atom is 0.254 e. The molecule has 9 nitrogen and oxygen atoms in total. The van der Waals surface area contributed by atoms with Crippen LogP contribution in [0, 0.1) is 5.82 Å². The monoisotopic (exact) mass is 583 g/mol. The maximum atomic E-state index is 13.9. The Bertz CT molecular complexity index is 1560. The fourth-order valence-electron chi connectivity index (χ4n) is 5.16. The van der Waals surface area contributed by atoms with Crippen LogP contribution in [-0.4, -0.2) is 78.8 Å². The minimum atomic E-state index is -0.500. The fourth-order valence-corrected chi connectivity index (χ4v) is 5.16. The lowest BCUT2D eigenvalue weighted by molar-refractivity contribution is -0.132. The molecule has 3 aromatic carbocycles. The maximum absolute atomic E-state index is 13.9. The molecular formula is C33H34FN5O4. The van der Waals surface area contributed by atoms with E-state index in [4.69, 9.17) is 9.47 Å². The molecule has 5 rings (SSSR count). The average molecular weight is 584 g/mol. The summed E-state index contributed by atoms with van der Waals surface area (Å²) < 4.78 is 24.7. The third-order valence-corrected chi connectivity index (χ3v) is 7.68. The van der Waals surface area contributed by atoms with Crippen LogP contribution in [0.25, 0.3) is 11.3 Å². The quantitative estimate of drug-likeness (QED) is 0.278. The van der Waals surface area contributed by atoms with Crippen molar-refractivity contribution >= 4 is 17.6 Å². The summed E-state index contributed by atoms with van der Waals surface area (Å²) in [7, 11) is 3.20. The second kappa shape index (κ2) is 13.3. The van der Waals surface area contributed by atoms with E-state index < -0.39 is 11.7 Å². The number of methoxy groups -OCH3 is 2. The molecule has 0 radical (unpaired) electrons. The van der Waals surface area contributed by atoms with Gasteiger partial charge in [-0.25, -0.2) is 4.39 Å². The van der Waals surface area contributed by atoms with E-state index in [2.05, 4.69) is 15.1 Å². The Kier molecular flexibility index (Phi) is 9.14. The van der Waals surface area contributed by atoms with Gasteiger partial charge in [-0.2, -0.15) is 0 Å². The zero-order chi connectivity index (χ0) is 30.3. The number of benzene rings is 3. The Hall–Kier alpha value is -4.99. The molecule has 0 spiro atoms. The largest absolute Gasteiger partial charge is 0.497 e. The molecule has 1 aliphatic rings. The summed E-state index contributed by atoms with van der Waals surface area (Å²) in [5, 5.41) is 8.86. The normalized spacial score (nSPS) is 13.8. The van der Waals surface area contributed by atoms with Gasteiger partial charge in [0, 0.05) is 43.4 Å². The van der Waals surface area contributed by atoms with Crippen molar-refractivity contribution in [1.29, 1.82) is 0 Å². The Labute approximate surface area is 250 Å². The van der Waals surface area contributed by atoms with Crippen LogP contribution >= 0.6 is 0 Å². The molecule has 10 heteroatoms. The van der Waals surface area contributed by atoms with Gasteiger partial charge in [0.1, 0.15) is 23.9 Å². The Morgan fingerprint density at radius 3 is 2.30 bits per heavy atom. The standard InChI is InChI=1S/C33H34FN5O4/c1-23(24-8-5-4-6-9-24)39(33(41)25-10-7-11-26(34)20-25)22-32(40)38-18-16-37(17-19-38)31-15-14-29(35-36-31)28-13-12-27(42-2)21-30(28)43-3/h4-15,20-21,23H,16-19,22H2,1-3H3. The van der Waals surface area contributed by atoms with Crippen molar-refractivity contribution in [2.45, 2.75) is 13.0 Å². The third kappa shape index (κ3) is 6.74. The first kappa shape index (κ1) is 29.5. The van der Waals surface area contributed by atoms with Crippen molar-refractivity contribution in [1.82, 2.24) is 20.0 Å². The SMILES string of the molecule is COc1ccc(-c2ccc(N3CCN(C(=O)CN(C(=O)c4cccc(F)c4)C(C)c4ccccc4)CC3)nn2)c(OC)c1. The summed E-state index contributed by atoms with van der Waals surface area (Å²) in [5.74, 6) is 0.976. The van der Waals surface area contributed by atoms with Gasteiger partial charge in [0.15, 0.2) is 5.82 Å². The molecule has 1 atom stereocenters. The van der Waals surface area contributed by atoms with E-state index in [9.17, 15) is 14.0 Å². The molecule has 2 amide bonds. The minimum absolute atomic E-state index is 0.121. The van der Waals surface area contributed by atoms with Gasteiger partial charge in [-0.05, 0) is 55.0 Å². The Morgan fingerprint density at radius 2 is 1.65 bits per heavy atom. The van der Waals surface area contributed by atoms with E-state index in [0.29, 0.717) is 49.2 Å². The number of nitrogens with zero attached hydrogens (tertiary/aromatic N) is 5. The number of hydrogen-bond acceptors (Lipinski definition) is 7. The summed E-state index contributed by atoms with van der Waals surface area (Å²) in [6, 6.07) is 24.0. The lowest BCUT2D eigenvalue weighted by Crippen LogP contribution is -2.52. The average Bonchev–Trinajstić information content (AvgIpc) is 3.06. The molecule has 1 unspecified atom stereocenters. The zero-order valence-corrected chi connectivity index (χ0v) is 24.4. The van der Waals surface area contributed by atoms with Crippen molar-refractivity contribution < 1.29 is 23.5 Å². The predicted molar refractivity (Wildman–Crippen MR) is 162 cm³/mol. The second-order valence-corrected chi connectivity index (χ2v) is 10.2. The number of anilines is 1. The molecule has 1 aliphatic heterocycles. The van der Waals surface area contributed by atoms with E-state index in [0.717, 1.165) is 11.1 Å².